The van der Waals surface area contributed by atoms with Crippen molar-refractivity contribution in [3.8, 4) is 0 Å². The average molecular weight is 264 g/mol. The Hall–Kier alpha value is -1.55. The lowest BCUT2D eigenvalue weighted by atomic mass is 10.1. The zero-order valence-electron chi connectivity index (χ0n) is 12.3. The summed E-state index contributed by atoms with van der Waals surface area (Å²) < 4.78 is 5.13. The fourth-order valence-corrected chi connectivity index (χ4v) is 1.83. The van der Waals surface area contributed by atoms with Gasteiger partial charge in [0, 0.05) is 39.9 Å². The number of para-hydroxylation sites is 1. The van der Waals surface area contributed by atoms with Gasteiger partial charge < -0.3 is 15.0 Å². The van der Waals surface area contributed by atoms with Crippen LogP contribution in [0.1, 0.15) is 19.4 Å². The first-order chi connectivity index (χ1) is 9.04. The third-order valence-corrected chi connectivity index (χ3v) is 3.05. The summed E-state index contributed by atoms with van der Waals surface area (Å²) in [5.74, 6) is 0.520. The number of rotatable bonds is 7. The molecule has 0 radical (unpaired) electrons. The first-order valence-electron chi connectivity index (χ1n) is 6.57. The van der Waals surface area contributed by atoms with Crippen LogP contribution in [0.3, 0.4) is 0 Å². The van der Waals surface area contributed by atoms with Crippen LogP contribution in [0.5, 0.6) is 0 Å². The van der Waals surface area contributed by atoms with Gasteiger partial charge in [0.15, 0.2) is 0 Å². The highest BCUT2D eigenvalue weighted by atomic mass is 16.5. The number of hydrogen-bond donors (Lipinski definition) is 1. The Morgan fingerprint density at radius 2 is 2.11 bits per heavy atom. The molecule has 1 aromatic rings. The average Bonchev–Trinajstić information content (AvgIpc) is 2.38. The van der Waals surface area contributed by atoms with Gasteiger partial charge in [0.1, 0.15) is 0 Å². The predicted octanol–water partition coefficient (Wildman–Crippen LogP) is 2.36. The van der Waals surface area contributed by atoms with Crippen molar-refractivity contribution in [1.82, 2.24) is 4.90 Å². The second kappa shape index (κ2) is 7.79. The Morgan fingerprint density at radius 3 is 2.74 bits per heavy atom. The lowest BCUT2D eigenvalue weighted by molar-refractivity contribution is -0.128. The number of anilines is 1. The topological polar surface area (TPSA) is 41.6 Å². The van der Waals surface area contributed by atoms with Crippen molar-refractivity contribution in [1.29, 1.82) is 0 Å². The molecule has 0 saturated carbocycles. The number of carbonyl (C=O) groups excluding carboxylic acids is 1. The number of hydrogen-bond acceptors (Lipinski definition) is 3. The minimum Gasteiger partial charge on any atom is -0.384 e. The lowest BCUT2D eigenvalue weighted by Crippen LogP contribution is -2.24. The highest BCUT2D eigenvalue weighted by Crippen LogP contribution is 2.17. The van der Waals surface area contributed by atoms with Crippen molar-refractivity contribution < 1.29 is 9.53 Å². The third kappa shape index (κ3) is 5.30. The number of amides is 1. The molecule has 0 saturated heterocycles. The molecule has 0 aliphatic heterocycles. The maximum absolute atomic E-state index is 11.3. The molecule has 106 valence electrons. The van der Waals surface area contributed by atoms with Crippen molar-refractivity contribution in [3.05, 3.63) is 29.8 Å². The molecule has 1 aromatic carbocycles. The molecule has 19 heavy (non-hydrogen) atoms. The number of benzene rings is 1. The molecule has 0 heterocycles. The van der Waals surface area contributed by atoms with Crippen LogP contribution in [-0.2, 0) is 16.1 Å². The first kappa shape index (κ1) is 15.5. The maximum atomic E-state index is 11.3. The molecule has 4 nitrogen and oxygen atoms in total. The van der Waals surface area contributed by atoms with Crippen LogP contribution in [0, 0.1) is 5.92 Å². The number of nitrogens with one attached hydrogen (secondary N) is 1. The number of nitrogens with zero attached hydrogens (tertiary/aromatic N) is 1. The molecule has 0 spiro atoms. The van der Waals surface area contributed by atoms with Crippen LogP contribution in [0.15, 0.2) is 24.3 Å². The molecular formula is C15H24N2O2. The van der Waals surface area contributed by atoms with E-state index in [4.69, 9.17) is 4.74 Å². The highest BCUT2D eigenvalue weighted by molar-refractivity contribution is 5.73. The van der Waals surface area contributed by atoms with Crippen molar-refractivity contribution in [2.75, 3.05) is 32.6 Å². The number of carbonyl (C=O) groups is 1. The van der Waals surface area contributed by atoms with Gasteiger partial charge in [-0.3, -0.25) is 4.79 Å². The zero-order chi connectivity index (χ0) is 14.3. The highest BCUT2D eigenvalue weighted by Gasteiger charge is 2.08. The van der Waals surface area contributed by atoms with Crippen LogP contribution in [0.4, 0.5) is 5.69 Å². The summed E-state index contributed by atoms with van der Waals surface area (Å²) in [4.78, 5) is 13.0. The molecule has 4 heteroatoms. The van der Waals surface area contributed by atoms with E-state index in [9.17, 15) is 4.79 Å². The van der Waals surface area contributed by atoms with Gasteiger partial charge in [-0.2, -0.15) is 0 Å². The molecule has 1 amide bonds. The molecule has 1 rings (SSSR count). The van der Waals surface area contributed by atoms with Crippen molar-refractivity contribution >= 4 is 11.6 Å². The van der Waals surface area contributed by atoms with Crippen LogP contribution in [0.25, 0.3) is 0 Å². The SMILES string of the molecule is COCC(C)CNc1ccccc1CN(C)C(C)=O. The normalized spacial score (nSPS) is 12.0. The van der Waals surface area contributed by atoms with Gasteiger partial charge in [0.05, 0.1) is 6.61 Å². The molecule has 0 aliphatic carbocycles. The second-order valence-corrected chi connectivity index (χ2v) is 4.97. The van der Waals surface area contributed by atoms with Crippen LogP contribution in [-0.4, -0.2) is 38.1 Å². The van der Waals surface area contributed by atoms with Gasteiger partial charge in [0.25, 0.3) is 0 Å². The smallest absolute Gasteiger partial charge is 0.219 e. The number of ether oxygens (including phenoxy) is 1. The van der Waals surface area contributed by atoms with Gasteiger partial charge in [-0.15, -0.1) is 0 Å². The van der Waals surface area contributed by atoms with Gasteiger partial charge >= 0.3 is 0 Å². The Bertz CT molecular complexity index is 407. The summed E-state index contributed by atoms with van der Waals surface area (Å²) in [6.07, 6.45) is 0. The van der Waals surface area contributed by atoms with E-state index < -0.39 is 0 Å². The maximum Gasteiger partial charge on any atom is 0.219 e. The minimum absolute atomic E-state index is 0.0718. The molecule has 0 aliphatic rings. The monoisotopic (exact) mass is 264 g/mol. The summed E-state index contributed by atoms with van der Waals surface area (Å²) in [6, 6.07) is 8.08. The summed E-state index contributed by atoms with van der Waals surface area (Å²) >= 11 is 0. The standard InChI is InChI=1S/C15H24N2O2/c1-12(11-19-4)9-16-15-8-6-5-7-14(15)10-17(3)13(2)18/h5-8,12,16H,9-11H2,1-4H3. The minimum atomic E-state index is 0.0718. The van der Waals surface area contributed by atoms with Gasteiger partial charge in [-0.05, 0) is 17.5 Å². The van der Waals surface area contributed by atoms with Crippen LogP contribution < -0.4 is 5.32 Å². The fraction of sp³-hybridized carbons (Fsp3) is 0.533. The molecule has 0 aromatic heterocycles. The lowest BCUT2D eigenvalue weighted by Gasteiger charge is -2.19. The van der Waals surface area contributed by atoms with Crippen LogP contribution >= 0.6 is 0 Å². The molecule has 0 bridgehead atoms. The van der Waals surface area contributed by atoms with Gasteiger partial charge in [0.2, 0.25) is 5.91 Å². The summed E-state index contributed by atoms with van der Waals surface area (Å²) in [6.45, 7) is 5.94. The molecule has 1 N–H and O–H groups in total. The Balaban J connectivity index is 2.65. The largest absolute Gasteiger partial charge is 0.384 e. The number of methoxy groups -OCH3 is 1. The Morgan fingerprint density at radius 1 is 1.42 bits per heavy atom. The van der Waals surface area contributed by atoms with Crippen molar-refractivity contribution in [3.63, 3.8) is 0 Å². The third-order valence-electron chi connectivity index (χ3n) is 3.05. The quantitative estimate of drug-likeness (QED) is 0.822. The molecule has 0 fully saturated rings. The van der Waals surface area contributed by atoms with E-state index in [0.29, 0.717) is 12.5 Å². The molecule has 1 unspecified atom stereocenters. The second-order valence-electron chi connectivity index (χ2n) is 4.97. The van der Waals surface area contributed by atoms with E-state index in [2.05, 4.69) is 12.2 Å². The van der Waals surface area contributed by atoms with Crippen LogP contribution in [0.2, 0.25) is 0 Å². The van der Waals surface area contributed by atoms with Gasteiger partial charge in [-0.1, -0.05) is 25.1 Å². The van der Waals surface area contributed by atoms with E-state index >= 15 is 0 Å². The van der Waals surface area contributed by atoms with E-state index in [0.717, 1.165) is 24.4 Å². The first-order valence-corrected chi connectivity index (χ1v) is 6.57. The summed E-state index contributed by atoms with van der Waals surface area (Å²) in [7, 11) is 3.53. The van der Waals surface area contributed by atoms with Gasteiger partial charge in [-0.25, -0.2) is 0 Å². The summed E-state index contributed by atoms with van der Waals surface area (Å²) in [5, 5.41) is 3.42. The predicted molar refractivity (Wildman–Crippen MR) is 78.1 cm³/mol. The van der Waals surface area contributed by atoms with Crippen molar-refractivity contribution in [2.45, 2.75) is 20.4 Å². The van der Waals surface area contributed by atoms with Crippen molar-refractivity contribution in [2.24, 2.45) is 5.92 Å². The van der Waals surface area contributed by atoms with E-state index in [-0.39, 0.29) is 5.91 Å². The molecule has 1 atom stereocenters. The Labute approximate surface area is 115 Å². The van der Waals surface area contributed by atoms with E-state index in [1.54, 1.807) is 18.9 Å². The fourth-order valence-electron chi connectivity index (χ4n) is 1.83. The Kier molecular flexibility index (Phi) is 6.36. The van der Waals surface area contributed by atoms with E-state index in [1.807, 2.05) is 31.3 Å². The summed E-state index contributed by atoms with van der Waals surface area (Å²) in [5.41, 5.74) is 2.21. The van der Waals surface area contributed by atoms with E-state index in [1.165, 1.54) is 0 Å². The zero-order valence-corrected chi connectivity index (χ0v) is 12.3. The molecular weight excluding hydrogens is 240 g/mol.